The quantitative estimate of drug-likeness (QED) is 0.334. The van der Waals surface area contributed by atoms with E-state index in [1.165, 1.54) is 26.4 Å². The van der Waals surface area contributed by atoms with Crippen LogP contribution in [0.25, 0.3) is 6.08 Å². The van der Waals surface area contributed by atoms with Gasteiger partial charge in [0.1, 0.15) is 69.5 Å². The fraction of sp³-hybridized carbons (Fsp3) is 0.389. The molecule has 47 heavy (non-hydrogen) atoms. The first-order valence-corrected chi connectivity index (χ1v) is 15.3. The van der Waals surface area contributed by atoms with Crippen molar-refractivity contribution in [2.24, 2.45) is 0 Å². The summed E-state index contributed by atoms with van der Waals surface area (Å²) in [5.74, 6) is 1.51. The van der Waals surface area contributed by atoms with E-state index in [4.69, 9.17) is 38.3 Å². The summed E-state index contributed by atoms with van der Waals surface area (Å²) < 4.78 is 39.8. The minimum atomic E-state index is -0.977. The molecule has 3 aromatic rings. The Morgan fingerprint density at radius 2 is 1.66 bits per heavy atom. The molecule has 0 amide bonds. The lowest BCUT2D eigenvalue weighted by Crippen LogP contribution is -2.43. The van der Waals surface area contributed by atoms with E-state index in [1.54, 1.807) is 25.3 Å². The van der Waals surface area contributed by atoms with Crippen molar-refractivity contribution < 1.29 is 53.0 Å². The van der Waals surface area contributed by atoms with E-state index in [0.29, 0.717) is 45.6 Å². The van der Waals surface area contributed by atoms with E-state index in [9.17, 15) is 14.7 Å². The van der Waals surface area contributed by atoms with Gasteiger partial charge in [-0.2, -0.15) is 0 Å². The second-order valence-electron chi connectivity index (χ2n) is 12.9. The minimum absolute atomic E-state index is 0.158. The van der Waals surface area contributed by atoms with Crippen LogP contribution in [-0.4, -0.2) is 67.2 Å². The molecular formula is C36H38O11. The number of carbonyl (C=O) groups excluding carboxylic acids is 1. The van der Waals surface area contributed by atoms with Crippen LogP contribution in [0.4, 0.5) is 0 Å². The number of ketones is 1. The number of ether oxygens (including phenoxy) is 7. The molecule has 4 aliphatic heterocycles. The third-order valence-electron chi connectivity index (χ3n) is 8.72. The molecule has 0 fully saturated rings. The maximum atomic E-state index is 13.6. The number of Topliss-reactive ketones (excluding diaryl/α,β-unsaturated/α-hetero) is 1. The van der Waals surface area contributed by atoms with Gasteiger partial charge in [-0.25, -0.2) is 4.79 Å². The molecule has 0 aliphatic carbocycles. The average Bonchev–Trinajstić information content (AvgIpc) is 3.02. The van der Waals surface area contributed by atoms with Crippen molar-refractivity contribution in [3.8, 4) is 46.0 Å². The van der Waals surface area contributed by atoms with Crippen molar-refractivity contribution in [1.29, 1.82) is 0 Å². The van der Waals surface area contributed by atoms with Gasteiger partial charge in [0.25, 0.3) is 0 Å². The van der Waals surface area contributed by atoms with E-state index >= 15 is 0 Å². The van der Waals surface area contributed by atoms with Gasteiger partial charge in [-0.15, -0.1) is 0 Å². The number of benzene rings is 3. The summed E-state index contributed by atoms with van der Waals surface area (Å²) in [6, 6.07) is 8.16. The number of carboxylic acids is 1. The van der Waals surface area contributed by atoms with Gasteiger partial charge >= 0.3 is 5.97 Å². The summed E-state index contributed by atoms with van der Waals surface area (Å²) in [7, 11) is 4.56. The van der Waals surface area contributed by atoms with E-state index in [-0.39, 0.29) is 34.9 Å². The Labute approximate surface area is 272 Å². The van der Waals surface area contributed by atoms with Gasteiger partial charge in [0.15, 0.2) is 17.3 Å². The SMILES string of the molecule is COc1c(C(=O)O)ccc2c1CCC(C)(C)O2.COc1cc2c(cc1OC)C1C(=O)c3c(O)cc4c(c3OC1CO2)C=CC(C)(C)O4. The lowest BCUT2D eigenvalue weighted by molar-refractivity contribution is 0.0546. The molecular weight excluding hydrogens is 608 g/mol. The van der Waals surface area contributed by atoms with Crippen molar-refractivity contribution in [3.05, 3.63) is 64.2 Å². The Balaban J connectivity index is 0.000000193. The number of carbonyl (C=O) groups is 2. The molecule has 0 spiro atoms. The minimum Gasteiger partial charge on any atom is -0.507 e. The molecule has 3 aromatic carbocycles. The van der Waals surface area contributed by atoms with Crippen LogP contribution in [0.15, 0.2) is 36.4 Å². The number of methoxy groups -OCH3 is 3. The van der Waals surface area contributed by atoms with E-state index in [2.05, 4.69) is 0 Å². The maximum Gasteiger partial charge on any atom is 0.339 e. The smallest absolute Gasteiger partial charge is 0.339 e. The van der Waals surface area contributed by atoms with E-state index in [1.807, 2.05) is 39.8 Å². The first-order chi connectivity index (χ1) is 22.3. The van der Waals surface area contributed by atoms with Crippen LogP contribution in [0.3, 0.4) is 0 Å². The zero-order valence-electron chi connectivity index (χ0n) is 27.4. The zero-order chi connectivity index (χ0) is 33.8. The third-order valence-corrected chi connectivity index (χ3v) is 8.72. The van der Waals surface area contributed by atoms with Crippen LogP contribution in [0, 0.1) is 0 Å². The standard InChI is InChI=1S/C23H22O7.C13H16O4/c1-23(2)6-5-11-15(30-23)8-13(24)20-21(25)19-12-7-16(26-3)17(27-4)9-14(12)28-10-18(19)29-22(11)20;1-13(2)7-6-8-10(17-13)5-4-9(12(14)15)11(8)16-3/h5-9,18-19,24H,10H2,1-4H3;4-5H,6-7H2,1-3H3,(H,14,15). The van der Waals surface area contributed by atoms with E-state index in [0.717, 1.165) is 24.2 Å². The van der Waals surface area contributed by atoms with Gasteiger partial charge in [0, 0.05) is 23.3 Å². The van der Waals surface area contributed by atoms with Crippen molar-refractivity contribution in [2.45, 2.75) is 63.8 Å². The molecule has 0 saturated heterocycles. The van der Waals surface area contributed by atoms with Crippen LogP contribution in [0.1, 0.15) is 77.4 Å². The Morgan fingerprint density at radius 1 is 0.936 bits per heavy atom. The summed E-state index contributed by atoms with van der Waals surface area (Å²) >= 11 is 0. The van der Waals surface area contributed by atoms with Crippen LogP contribution >= 0.6 is 0 Å². The van der Waals surface area contributed by atoms with Gasteiger partial charge in [-0.05, 0) is 70.9 Å². The highest BCUT2D eigenvalue weighted by Crippen LogP contribution is 2.52. The lowest BCUT2D eigenvalue weighted by Gasteiger charge is -2.39. The monoisotopic (exact) mass is 646 g/mol. The van der Waals surface area contributed by atoms with Crippen LogP contribution in [0.2, 0.25) is 0 Å². The normalized spacial score (nSPS) is 20.4. The largest absolute Gasteiger partial charge is 0.507 e. The number of rotatable bonds is 4. The molecule has 0 aromatic heterocycles. The predicted molar refractivity (Wildman–Crippen MR) is 171 cm³/mol. The Morgan fingerprint density at radius 3 is 2.34 bits per heavy atom. The molecule has 0 radical (unpaired) electrons. The number of aromatic carboxylic acids is 1. The Kier molecular flexibility index (Phi) is 7.89. The summed E-state index contributed by atoms with van der Waals surface area (Å²) in [4.78, 5) is 24.6. The number of fused-ring (bicyclic) bond motifs is 7. The van der Waals surface area contributed by atoms with Gasteiger partial charge < -0.3 is 43.4 Å². The van der Waals surface area contributed by atoms with Crippen molar-refractivity contribution in [2.75, 3.05) is 27.9 Å². The fourth-order valence-electron chi connectivity index (χ4n) is 6.39. The lowest BCUT2D eigenvalue weighted by atomic mass is 9.80. The molecule has 2 N–H and O–H groups in total. The first kappa shape index (κ1) is 31.9. The van der Waals surface area contributed by atoms with Crippen LogP contribution in [0.5, 0.6) is 46.0 Å². The second-order valence-corrected chi connectivity index (χ2v) is 12.9. The number of hydrogen-bond acceptors (Lipinski definition) is 10. The summed E-state index contributed by atoms with van der Waals surface area (Å²) in [6.45, 7) is 8.07. The molecule has 4 aliphatic rings. The average molecular weight is 647 g/mol. The molecule has 0 bridgehead atoms. The summed E-state index contributed by atoms with van der Waals surface area (Å²) in [6.07, 6.45) is 4.85. The molecule has 7 rings (SSSR count). The van der Waals surface area contributed by atoms with Crippen LogP contribution in [-0.2, 0) is 6.42 Å². The zero-order valence-corrected chi connectivity index (χ0v) is 27.4. The highest BCUT2D eigenvalue weighted by atomic mass is 16.5. The molecule has 2 atom stereocenters. The fourth-order valence-corrected chi connectivity index (χ4v) is 6.39. The molecule has 2 unspecified atom stereocenters. The predicted octanol–water partition coefficient (Wildman–Crippen LogP) is 6.21. The number of phenols is 1. The van der Waals surface area contributed by atoms with Crippen molar-refractivity contribution in [1.82, 2.24) is 0 Å². The highest BCUT2D eigenvalue weighted by Gasteiger charge is 2.46. The number of carboxylic acid groups (broad SMARTS) is 1. The molecule has 11 nitrogen and oxygen atoms in total. The second kappa shape index (κ2) is 11.6. The van der Waals surface area contributed by atoms with Crippen LogP contribution < -0.4 is 33.2 Å². The molecule has 0 saturated carbocycles. The van der Waals surface area contributed by atoms with Gasteiger partial charge in [-0.3, -0.25) is 4.79 Å². The topological polar surface area (TPSA) is 139 Å². The maximum absolute atomic E-state index is 13.6. The molecule has 4 heterocycles. The Bertz CT molecular complexity index is 1800. The van der Waals surface area contributed by atoms with Gasteiger partial charge in [0.2, 0.25) is 0 Å². The number of phenolic OH excluding ortho intramolecular Hbond substituents is 1. The van der Waals surface area contributed by atoms with Gasteiger partial charge in [-0.1, -0.05) is 0 Å². The molecule has 248 valence electrons. The van der Waals surface area contributed by atoms with Crippen molar-refractivity contribution in [3.63, 3.8) is 0 Å². The highest BCUT2D eigenvalue weighted by molar-refractivity contribution is 6.08. The number of hydrogen-bond donors (Lipinski definition) is 2. The molecule has 11 heteroatoms. The first-order valence-electron chi connectivity index (χ1n) is 15.3. The number of aromatic hydroxyl groups is 1. The summed E-state index contributed by atoms with van der Waals surface area (Å²) in [5, 5.41) is 19.8. The van der Waals surface area contributed by atoms with Gasteiger partial charge in [0.05, 0.1) is 32.8 Å². The van der Waals surface area contributed by atoms with E-state index < -0.39 is 23.6 Å². The Hall–Kier alpha value is -5.06. The third kappa shape index (κ3) is 5.64. The summed E-state index contributed by atoms with van der Waals surface area (Å²) in [5.41, 5.74) is 1.77. The van der Waals surface area contributed by atoms with Crippen molar-refractivity contribution >= 4 is 17.8 Å².